The second-order valence-electron chi connectivity index (χ2n) is 4.25. The highest BCUT2D eigenvalue weighted by Crippen LogP contribution is 2.35. The lowest BCUT2D eigenvalue weighted by molar-refractivity contribution is -0.385. The third-order valence-electron chi connectivity index (χ3n) is 2.85. The van der Waals surface area contributed by atoms with Crippen LogP contribution in [0.2, 0.25) is 0 Å². The molecule has 0 atom stereocenters. The van der Waals surface area contributed by atoms with Gasteiger partial charge in [-0.2, -0.15) is 5.10 Å². The Morgan fingerprint density at radius 2 is 2.23 bits per heavy atom. The van der Waals surface area contributed by atoms with Crippen molar-refractivity contribution in [3.63, 3.8) is 0 Å². The molecule has 2 aromatic rings. The van der Waals surface area contributed by atoms with E-state index in [1.165, 1.54) is 0 Å². The molecule has 10 heteroatoms. The summed E-state index contributed by atoms with van der Waals surface area (Å²) in [5.74, 6) is 0.0678. The number of hydrogen-bond donors (Lipinski definition) is 1. The third kappa shape index (κ3) is 2.49. The number of nitro groups is 1. The predicted octanol–water partition coefficient (Wildman–Crippen LogP) is 1.25. The van der Waals surface area contributed by atoms with E-state index in [1.807, 2.05) is 0 Å². The van der Waals surface area contributed by atoms with Crippen LogP contribution in [-0.4, -0.2) is 32.6 Å². The minimum atomic E-state index is -1.48. The van der Waals surface area contributed by atoms with E-state index in [0.29, 0.717) is 17.2 Å². The summed E-state index contributed by atoms with van der Waals surface area (Å²) in [6.45, 7) is -0.0557. The van der Waals surface area contributed by atoms with Gasteiger partial charge in [0.15, 0.2) is 18.2 Å². The summed E-state index contributed by atoms with van der Waals surface area (Å²) in [6, 6.07) is 4.88. The number of benzene rings is 1. The van der Waals surface area contributed by atoms with Crippen molar-refractivity contribution in [1.29, 1.82) is 0 Å². The average Bonchev–Trinajstić information content (AvgIpc) is 3.11. The summed E-state index contributed by atoms with van der Waals surface area (Å²) in [6.07, 6.45) is 0.996. The number of hydrogen-bond acceptors (Lipinski definition) is 7. The highest BCUT2D eigenvalue weighted by atomic mass is 16.7. The lowest BCUT2D eigenvalue weighted by Crippen LogP contribution is -2.07. The normalized spacial score (nSPS) is 12.2. The van der Waals surface area contributed by atoms with Crippen LogP contribution in [0.25, 0.3) is 0 Å². The number of carboxylic acids is 1. The molecule has 0 radical (unpaired) electrons. The Morgan fingerprint density at radius 1 is 1.45 bits per heavy atom. The van der Waals surface area contributed by atoms with E-state index in [1.54, 1.807) is 18.2 Å². The van der Waals surface area contributed by atoms with Crippen molar-refractivity contribution < 1.29 is 29.0 Å². The van der Waals surface area contributed by atoms with Crippen molar-refractivity contribution in [2.75, 3.05) is 6.79 Å². The smallest absolute Gasteiger partial charge is 0.363 e. The molecule has 22 heavy (non-hydrogen) atoms. The quantitative estimate of drug-likeness (QED) is 0.646. The zero-order valence-corrected chi connectivity index (χ0v) is 11.0. The second-order valence-corrected chi connectivity index (χ2v) is 4.25. The molecule has 1 aromatic heterocycles. The Morgan fingerprint density at radius 3 is 2.91 bits per heavy atom. The number of carbonyl (C=O) groups is 1. The minimum Gasteiger partial charge on any atom is -0.476 e. The number of fused-ring (bicyclic) bond motifs is 1. The van der Waals surface area contributed by atoms with Gasteiger partial charge in [0, 0.05) is 6.07 Å². The van der Waals surface area contributed by atoms with Gasteiger partial charge < -0.3 is 19.3 Å². The van der Waals surface area contributed by atoms with Crippen molar-refractivity contribution in [3.05, 3.63) is 40.2 Å². The lowest BCUT2D eigenvalue weighted by Gasteiger charge is -2.06. The third-order valence-corrected chi connectivity index (χ3v) is 2.85. The van der Waals surface area contributed by atoms with Crippen LogP contribution in [0.3, 0.4) is 0 Å². The summed E-state index contributed by atoms with van der Waals surface area (Å²) in [7, 11) is 0. The van der Waals surface area contributed by atoms with Crippen LogP contribution in [0.15, 0.2) is 24.4 Å². The van der Waals surface area contributed by atoms with Crippen molar-refractivity contribution in [2.24, 2.45) is 0 Å². The Labute approximate surface area is 122 Å². The molecule has 0 spiro atoms. The second kappa shape index (κ2) is 5.24. The van der Waals surface area contributed by atoms with Gasteiger partial charge in [-0.1, -0.05) is 0 Å². The van der Waals surface area contributed by atoms with E-state index in [0.717, 1.165) is 10.9 Å². The van der Waals surface area contributed by atoms with Crippen LogP contribution in [0.4, 0.5) is 5.69 Å². The summed E-state index contributed by atoms with van der Waals surface area (Å²) >= 11 is 0. The number of nitrogens with zero attached hydrogens (tertiary/aromatic N) is 3. The molecular formula is C12H9N3O7. The average molecular weight is 307 g/mol. The maximum absolute atomic E-state index is 10.9. The van der Waals surface area contributed by atoms with Gasteiger partial charge in [-0.05, 0) is 12.1 Å². The standard InChI is InChI=1S/C12H9N3O7/c16-12(17)11-8(15(18)19)4-14(13-11)5-20-7-1-2-9-10(3-7)22-6-21-9/h1-4H,5-6H2,(H,16,17). The van der Waals surface area contributed by atoms with Gasteiger partial charge in [0.2, 0.25) is 12.5 Å². The molecule has 1 N–H and O–H groups in total. The van der Waals surface area contributed by atoms with Gasteiger partial charge in [0.1, 0.15) is 11.9 Å². The molecular weight excluding hydrogens is 298 g/mol. The number of rotatable bonds is 5. The van der Waals surface area contributed by atoms with Crippen molar-refractivity contribution in [3.8, 4) is 17.2 Å². The van der Waals surface area contributed by atoms with Gasteiger partial charge in [0.05, 0.1) is 4.92 Å². The minimum absolute atomic E-state index is 0.131. The van der Waals surface area contributed by atoms with Crippen LogP contribution in [0.5, 0.6) is 17.2 Å². The summed E-state index contributed by atoms with van der Waals surface area (Å²) in [4.78, 5) is 20.8. The fourth-order valence-electron chi connectivity index (χ4n) is 1.87. The van der Waals surface area contributed by atoms with Gasteiger partial charge >= 0.3 is 11.7 Å². The van der Waals surface area contributed by atoms with E-state index in [4.69, 9.17) is 19.3 Å². The zero-order chi connectivity index (χ0) is 15.7. The molecule has 0 bridgehead atoms. The molecule has 3 rings (SSSR count). The Hall–Kier alpha value is -3.30. The Balaban J connectivity index is 1.75. The van der Waals surface area contributed by atoms with E-state index in [-0.39, 0.29) is 13.5 Å². The first kappa shape index (κ1) is 13.7. The maximum atomic E-state index is 10.9. The fourth-order valence-corrected chi connectivity index (χ4v) is 1.87. The first-order valence-corrected chi connectivity index (χ1v) is 6.02. The highest BCUT2D eigenvalue weighted by Gasteiger charge is 2.25. The van der Waals surface area contributed by atoms with Crippen molar-refractivity contribution >= 4 is 11.7 Å². The van der Waals surface area contributed by atoms with Gasteiger partial charge in [-0.15, -0.1) is 0 Å². The molecule has 114 valence electrons. The molecule has 1 aliphatic heterocycles. The largest absolute Gasteiger partial charge is 0.476 e. The van der Waals surface area contributed by atoms with E-state index >= 15 is 0 Å². The SMILES string of the molecule is O=C(O)c1nn(COc2ccc3c(c2)OCO3)cc1[N+](=O)[O-]. The van der Waals surface area contributed by atoms with Crippen LogP contribution < -0.4 is 14.2 Å². The summed E-state index contributed by atoms with van der Waals surface area (Å²) in [5.41, 5.74) is -1.24. The van der Waals surface area contributed by atoms with Crippen molar-refractivity contribution in [1.82, 2.24) is 9.78 Å². The maximum Gasteiger partial charge on any atom is 0.363 e. The molecule has 0 amide bonds. The van der Waals surface area contributed by atoms with Crippen LogP contribution in [-0.2, 0) is 6.73 Å². The molecule has 0 saturated carbocycles. The first-order valence-electron chi connectivity index (χ1n) is 6.02. The number of carboxylic acid groups (broad SMARTS) is 1. The molecule has 1 aromatic carbocycles. The fraction of sp³-hybridized carbons (Fsp3) is 0.167. The van der Waals surface area contributed by atoms with E-state index in [2.05, 4.69) is 5.10 Å². The predicted molar refractivity (Wildman–Crippen MR) is 69.0 cm³/mol. The first-order chi connectivity index (χ1) is 10.5. The topological polar surface area (TPSA) is 126 Å². The number of ether oxygens (including phenoxy) is 3. The molecule has 1 aliphatic rings. The molecule has 2 heterocycles. The van der Waals surface area contributed by atoms with Gasteiger partial charge in [-0.3, -0.25) is 10.1 Å². The summed E-state index contributed by atoms with van der Waals surface area (Å²) in [5, 5.41) is 23.2. The van der Waals surface area contributed by atoms with Crippen LogP contribution in [0, 0.1) is 10.1 Å². The Bertz CT molecular complexity index is 724. The highest BCUT2D eigenvalue weighted by molar-refractivity contribution is 5.89. The molecule has 10 nitrogen and oxygen atoms in total. The van der Waals surface area contributed by atoms with Gasteiger partial charge in [-0.25, -0.2) is 9.48 Å². The molecule has 0 unspecified atom stereocenters. The number of aromatic nitrogens is 2. The molecule has 0 fully saturated rings. The van der Waals surface area contributed by atoms with E-state index in [9.17, 15) is 14.9 Å². The Kier molecular flexibility index (Phi) is 3.26. The van der Waals surface area contributed by atoms with Crippen LogP contribution in [0.1, 0.15) is 10.5 Å². The number of aromatic carboxylic acids is 1. The molecule has 0 aliphatic carbocycles. The molecule has 0 saturated heterocycles. The van der Waals surface area contributed by atoms with Gasteiger partial charge in [0.25, 0.3) is 0 Å². The van der Waals surface area contributed by atoms with Crippen LogP contribution >= 0.6 is 0 Å². The summed E-state index contributed by atoms with van der Waals surface area (Å²) < 4.78 is 16.8. The lowest BCUT2D eigenvalue weighted by atomic mass is 10.3. The monoisotopic (exact) mass is 307 g/mol. The van der Waals surface area contributed by atoms with E-state index < -0.39 is 22.3 Å². The van der Waals surface area contributed by atoms with Crippen molar-refractivity contribution in [2.45, 2.75) is 6.73 Å². The zero-order valence-electron chi connectivity index (χ0n) is 11.0.